The maximum Gasteiger partial charge on any atom is 0.407 e. The predicted molar refractivity (Wildman–Crippen MR) is 107 cm³/mol. The molecule has 1 aromatic heterocycles. The Bertz CT molecular complexity index is 656. The molecule has 7 nitrogen and oxygen atoms in total. The third-order valence-electron chi connectivity index (χ3n) is 2.90. The standard InChI is InChI=1S/C17H27N3O4S2/c1-12-10-15(22)20-14(19-12)11-13(21)6-5-8-25-26-9-7-18-16(23)24-17(2,3)4/h10H,5-9,11H2,1-4H3,(H,18,23)(H,19,20,22). The Kier molecular flexibility index (Phi) is 9.79. The summed E-state index contributed by atoms with van der Waals surface area (Å²) in [5.74, 6) is 2.11. The molecule has 9 heteroatoms. The molecule has 0 spiro atoms. The number of alkyl carbamates (subject to hydrolysis) is 1. The molecular formula is C17H27N3O4S2. The van der Waals surface area contributed by atoms with Gasteiger partial charge in [0.25, 0.3) is 5.56 Å². The third kappa shape index (κ3) is 11.2. The molecule has 0 fully saturated rings. The van der Waals surface area contributed by atoms with E-state index >= 15 is 0 Å². The normalized spacial score (nSPS) is 11.2. The van der Waals surface area contributed by atoms with Gasteiger partial charge < -0.3 is 15.0 Å². The van der Waals surface area contributed by atoms with Gasteiger partial charge in [-0.2, -0.15) is 0 Å². The smallest absolute Gasteiger partial charge is 0.407 e. The maximum atomic E-state index is 11.9. The number of aryl methyl sites for hydroxylation is 1. The molecule has 0 aliphatic heterocycles. The first kappa shape index (κ1) is 22.6. The lowest BCUT2D eigenvalue weighted by atomic mass is 10.2. The van der Waals surface area contributed by atoms with E-state index in [0.29, 0.717) is 24.5 Å². The molecule has 0 unspecified atom stereocenters. The molecule has 0 saturated heterocycles. The number of H-pyrrole nitrogens is 1. The second-order valence-corrected chi connectivity index (χ2v) is 9.43. The number of hydrogen-bond donors (Lipinski definition) is 2. The Labute approximate surface area is 161 Å². The van der Waals surface area contributed by atoms with Gasteiger partial charge in [0.2, 0.25) is 0 Å². The van der Waals surface area contributed by atoms with Crippen LogP contribution in [-0.4, -0.2) is 45.5 Å². The molecule has 0 radical (unpaired) electrons. The van der Waals surface area contributed by atoms with E-state index in [4.69, 9.17) is 4.74 Å². The van der Waals surface area contributed by atoms with Gasteiger partial charge >= 0.3 is 6.09 Å². The summed E-state index contributed by atoms with van der Waals surface area (Å²) in [6.07, 6.45) is 0.985. The molecule has 1 heterocycles. The first-order valence-corrected chi connectivity index (χ1v) is 10.9. The predicted octanol–water partition coefficient (Wildman–Crippen LogP) is 2.88. The Morgan fingerprint density at radius 3 is 2.62 bits per heavy atom. The summed E-state index contributed by atoms with van der Waals surface area (Å²) in [4.78, 5) is 41.5. The molecule has 146 valence electrons. The summed E-state index contributed by atoms with van der Waals surface area (Å²) < 4.78 is 5.14. The van der Waals surface area contributed by atoms with Crippen molar-refractivity contribution in [1.82, 2.24) is 15.3 Å². The topological polar surface area (TPSA) is 101 Å². The van der Waals surface area contributed by atoms with Crippen LogP contribution in [0.25, 0.3) is 0 Å². The van der Waals surface area contributed by atoms with Crippen LogP contribution in [-0.2, 0) is 16.0 Å². The zero-order valence-electron chi connectivity index (χ0n) is 15.7. The number of ketones is 1. The first-order chi connectivity index (χ1) is 12.2. The Morgan fingerprint density at radius 1 is 1.27 bits per heavy atom. The number of carbonyl (C=O) groups is 2. The summed E-state index contributed by atoms with van der Waals surface area (Å²) >= 11 is 0. The molecule has 2 N–H and O–H groups in total. The largest absolute Gasteiger partial charge is 0.444 e. The summed E-state index contributed by atoms with van der Waals surface area (Å²) in [5, 5.41) is 2.70. The zero-order valence-corrected chi connectivity index (χ0v) is 17.3. The summed E-state index contributed by atoms with van der Waals surface area (Å²) in [7, 11) is 3.32. The maximum absolute atomic E-state index is 11.9. The molecule has 0 saturated carbocycles. The molecule has 26 heavy (non-hydrogen) atoms. The van der Waals surface area contributed by atoms with Crippen LogP contribution in [0.1, 0.15) is 45.1 Å². The zero-order chi connectivity index (χ0) is 19.6. The van der Waals surface area contributed by atoms with Crippen molar-refractivity contribution < 1.29 is 14.3 Å². The van der Waals surface area contributed by atoms with Crippen LogP contribution in [0.3, 0.4) is 0 Å². The number of aromatic amines is 1. The minimum atomic E-state index is -0.487. The average molecular weight is 402 g/mol. The van der Waals surface area contributed by atoms with E-state index in [1.54, 1.807) is 28.5 Å². The van der Waals surface area contributed by atoms with Crippen molar-refractivity contribution in [3.8, 4) is 0 Å². The lowest BCUT2D eigenvalue weighted by Crippen LogP contribution is -2.33. The van der Waals surface area contributed by atoms with E-state index in [1.165, 1.54) is 6.07 Å². The highest BCUT2D eigenvalue weighted by Gasteiger charge is 2.15. The number of amides is 1. The van der Waals surface area contributed by atoms with E-state index in [-0.39, 0.29) is 17.8 Å². The van der Waals surface area contributed by atoms with Crippen LogP contribution in [0.5, 0.6) is 0 Å². The van der Waals surface area contributed by atoms with Gasteiger partial charge in [0.05, 0.1) is 6.42 Å². The Morgan fingerprint density at radius 2 is 1.96 bits per heavy atom. The van der Waals surface area contributed by atoms with Gasteiger partial charge in [-0.3, -0.25) is 9.59 Å². The summed E-state index contributed by atoms with van der Waals surface area (Å²) in [6.45, 7) is 7.74. The quantitative estimate of drug-likeness (QED) is 0.459. The van der Waals surface area contributed by atoms with Gasteiger partial charge in [0.1, 0.15) is 17.2 Å². The minimum absolute atomic E-state index is 0.0657. The second-order valence-electron chi connectivity index (χ2n) is 6.73. The molecular weight excluding hydrogens is 374 g/mol. The number of nitrogens with one attached hydrogen (secondary N) is 2. The number of ether oxygens (including phenoxy) is 1. The van der Waals surface area contributed by atoms with Crippen molar-refractivity contribution in [2.75, 3.05) is 18.1 Å². The fourth-order valence-corrected chi connectivity index (χ4v) is 3.95. The van der Waals surface area contributed by atoms with E-state index in [9.17, 15) is 14.4 Å². The minimum Gasteiger partial charge on any atom is -0.444 e. The van der Waals surface area contributed by atoms with Crippen molar-refractivity contribution in [3.05, 3.63) is 27.9 Å². The summed E-state index contributed by atoms with van der Waals surface area (Å²) in [6, 6.07) is 1.40. The molecule has 1 aromatic rings. The van der Waals surface area contributed by atoms with Gasteiger partial charge in [0.15, 0.2) is 0 Å². The van der Waals surface area contributed by atoms with Gasteiger partial charge in [-0.15, -0.1) is 0 Å². The number of rotatable bonds is 10. The van der Waals surface area contributed by atoms with Gasteiger partial charge in [-0.05, 0) is 34.1 Å². The number of carbonyl (C=O) groups excluding carboxylic acids is 2. The van der Waals surface area contributed by atoms with Crippen molar-refractivity contribution in [2.45, 2.75) is 52.6 Å². The highest BCUT2D eigenvalue weighted by atomic mass is 33.1. The van der Waals surface area contributed by atoms with E-state index < -0.39 is 11.7 Å². The van der Waals surface area contributed by atoms with E-state index in [2.05, 4.69) is 15.3 Å². The van der Waals surface area contributed by atoms with E-state index in [1.807, 2.05) is 20.8 Å². The van der Waals surface area contributed by atoms with Gasteiger partial charge in [0, 0.05) is 36.2 Å². The van der Waals surface area contributed by atoms with Crippen molar-refractivity contribution in [3.63, 3.8) is 0 Å². The van der Waals surface area contributed by atoms with Crippen molar-refractivity contribution >= 4 is 33.5 Å². The van der Waals surface area contributed by atoms with Crippen LogP contribution in [0.2, 0.25) is 0 Å². The summed E-state index contributed by atoms with van der Waals surface area (Å²) in [5.41, 5.74) is -0.102. The van der Waals surface area contributed by atoms with Crippen LogP contribution < -0.4 is 10.9 Å². The van der Waals surface area contributed by atoms with Crippen LogP contribution in [0.4, 0.5) is 4.79 Å². The van der Waals surface area contributed by atoms with Crippen LogP contribution in [0, 0.1) is 6.92 Å². The molecule has 0 atom stereocenters. The first-order valence-electron chi connectivity index (χ1n) is 8.45. The number of Topliss-reactive ketones (excluding diaryl/α,β-unsaturated/α-hetero) is 1. The van der Waals surface area contributed by atoms with Crippen molar-refractivity contribution in [1.29, 1.82) is 0 Å². The third-order valence-corrected chi connectivity index (χ3v) is 5.40. The van der Waals surface area contributed by atoms with Crippen LogP contribution >= 0.6 is 21.6 Å². The molecule has 1 rings (SSSR count). The molecule has 0 aliphatic carbocycles. The lowest BCUT2D eigenvalue weighted by molar-refractivity contribution is -0.118. The molecule has 0 bridgehead atoms. The fourth-order valence-electron chi connectivity index (χ4n) is 1.96. The van der Waals surface area contributed by atoms with Gasteiger partial charge in [-0.1, -0.05) is 21.6 Å². The number of aromatic nitrogens is 2. The molecule has 1 amide bonds. The highest BCUT2D eigenvalue weighted by Crippen LogP contribution is 2.22. The molecule has 0 aliphatic rings. The Hall–Kier alpha value is -1.48. The average Bonchev–Trinajstić information content (AvgIpc) is 2.47. The number of nitrogens with zero attached hydrogens (tertiary/aromatic N) is 1. The monoisotopic (exact) mass is 401 g/mol. The SMILES string of the molecule is Cc1cc(=O)[nH]c(CC(=O)CCCSSCCNC(=O)OC(C)(C)C)n1. The number of hydrogen-bond acceptors (Lipinski definition) is 7. The van der Waals surface area contributed by atoms with Crippen molar-refractivity contribution in [2.24, 2.45) is 0 Å². The van der Waals surface area contributed by atoms with Gasteiger partial charge in [-0.25, -0.2) is 9.78 Å². The highest BCUT2D eigenvalue weighted by molar-refractivity contribution is 8.76. The second kappa shape index (κ2) is 11.3. The van der Waals surface area contributed by atoms with Crippen LogP contribution in [0.15, 0.2) is 10.9 Å². The lowest BCUT2D eigenvalue weighted by Gasteiger charge is -2.19. The molecule has 0 aromatic carbocycles. The van der Waals surface area contributed by atoms with E-state index in [0.717, 1.165) is 17.9 Å². The fraction of sp³-hybridized carbons (Fsp3) is 0.647. The Balaban J connectivity index is 2.06.